The van der Waals surface area contributed by atoms with E-state index in [1.54, 1.807) is 12.3 Å². The fraction of sp³-hybridized carbons (Fsp3) is 0.0400. The smallest absolute Gasteiger partial charge is 0.124 e. The van der Waals surface area contributed by atoms with Crippen LogP contribution in [0.5, 0.6) is 0 Å². The van der Waals surface area contributed by atoms with Crippen molar-refractivity contribution >= 4 is 49.4 Å². The van der Waals surface area contributed by atoms with Crippen LogP contribution < -0.4 is 5.73 Å². The maximum absolute atomic E-state index is 5.68. The Balaban J connectivity index is 0.000000128. The summed E-state index contributed by atoms with van der Waals surface area (Å²) in [5.41, 5.74) is 10.5. The maximum Gasteiger partial charge on any atom is 0.124 e. The summed E-state index contributed by atoms with van der Waals surface area (Å²) in [7, 11) is 0. The summed E-state index contributed by atoms with van der Waals surface area (Å²) in [5, 5.41) is 4.44. The lowest BCUT2D eigenvalue weighted by atomic mass is 10.1. The molecule has 4 aromatic heterocycles. The molecule has 0 aliphatic carbocycles. The van der Waals surface area contributed by atoms with Crippen LogP contribution in [0.2, 0.25) is 0 Å². The van der Waals surface area contributed by atoms with Crippen LogP contribution in [0.15, 0.2) is 85.2 Å². The monoisotopic (exact) mass is 389 g/mol. The van der Waals surface area contributed by atoms with E-state index in [2.05, 4.69) is 44.2 Å². The largest absolute Gasteiger partial charge is 0.384 e. The van der Waals surface area contributed by atoms with Crippen LogP contribution in [0.1, 0.15) is 5.69 Å². The van der Waals surface area contributed by atoms with E-state index in [1.807, 2.05) is 55.6 Å². The van der Waals surface area contributed by atoms with Crippen LogP contribution in [-0.2, 0) is 0 Å². The lowest BCUT2D eigenvalue weighted by Gasteiger charge is -2.02. The molecule has 5 nitrogen and oxygen atoms in total. The predicted octanol–water partition coefficient (Wildman–Crippen LogP) is 5.46. The SMILES string of the molecule is Cc1ccc2ccc3cccnc3c2n1.Nc1ccc2ccc3cccnc3c2n1. The van der Waals surface area contributed by atoms with E-state index in [0.717, 1.165) is 49.3 Å². The number of fused-ring (bicyclic) bond motifs is 6. The van der Waals surface area contributed by atoms with Crippen LogP contribution in [-0.4, -0.2) is 19.9 Å². The van der Waals surface area contributed by atoms with Gasteiger partial charge in [-0.05, 0) is 37.3 Å². The van der Waals surface area contributed by atoms with Gasteiger partial charge < -0.3 is 5.73 Å². The van der Waals surface area contributed by atoms with E-state index in [-0.39, 0.29) is 0 Å². The first kappa shape index (κ1) is 17.9. The lowest BCUT2D eigenvalue weighted by molar-refractivity contribution is 1.25. The zero-order valence-corrected chi connectivity index (χ0v) is 16.4. The van der Waals surface area contributed by atoms with Gasteiger partial charge in [0.1, 0.15) is 5.82 Å². The average molecular weight is 389 g/mol. The van der Waals surface area contributed by atoms with Crippen LogP contribution in [0, 0.1) is 6.92 Å². The Morgan fingerprint density at radius 3 is 1.60 bits per heavy atom. The van der Waals surface area contributed by atoms with Gasteiger partial charge in [0, 0.05) is 39.6 Å². The molecule has 144 valence electrons. The average Bonchev–Trinajstić information content (AvgIpc) is 2.79. The number of rotatable bonds is 0. The van der Waals surface area contributed by atoms with E-state index in [4.69, 9.17) is 5.73 Å². The highest BCUT2D eigenvalue weighted by Crippen LogP contribution is 2.23. The molecule has 0 aliphatic rings. The minimum atomic E-state index is 0.528. The zero-order valence-electron chi connectivity index (χ0n) is 16.4. The maximum atomic E-state index is 5.68. The van der Waals surface area contributed by atoms with Crippen molar-refractivity contribution in [1.29, 1.82) is 0 Å². The molecule has 2 N–H and O–H groups in total. The fourth-order valence-corrected chi connectivity index (χ4v) is 3.56. The molecule has 0 atom stereocenters. The number of nitrogens with zero attached hydrogens (tertiary/aromatic N) is 4. The number of pyridine rings is 4. The summed E-state index contributed by atoms with van der Waals surface area (Å²) >= 11 is 0. The van der Waals surface area contributed by atoms with E-state index in [1.165, 1.54) is 0 Å². The zero-order chi connectivity index (χ0) is 20.5. The van der Waals surface area contributed by atoms with Gasteiger partial charge in [-0.25, -0.2) is 4.98 Å². The Labute approximate surface area is 173 Å². The Morgan fingerprint density at radius 2 is 1.00 bits per heavy atom. The summed E-state index contributed by atoms with van der Waals surface area (Å²) in [6, 6.07) is 24.1. The Bertz CT molecular complexity index is 1410. The minimum absolute atomic E-state index is 0.528. The number of hydrogen-bond acceptors (Lipinski definition) is 5. The van der Waals surface area contributed by atoms with Crippen molar-refractivity contribution in [3.05, 3.63) is 90.9 Å². The predicted molar refractivity (Wildman–Crippen MR) is 123 cm³/mol. The van der Waals surface area contributed by atoms with Crippen molar-refractivity contribution in [3.8, 4) is 0 Å². The highest BCUT2D eigenvalue weighted by atomic mass is 14.8. The van der Waals surface area contributed by atoms with Crippen molar-refractivity contribution in [1.82, 2.24) is 19.9 Å². The number of aromatic nitrogens is 4. The summed E-state index contributed by atoms with van der Waals surface area (Å²) in [5.74, 6) is 0.528. The summed E-state index contributed by atoms with van der Waals surface area (Å²) in [6.45, 7) is 2.00. The molecule has 5 heteroatoms. The first-order valence-electron chi connectivity index (χ1n) is 9.70. The van der Waals surface area contributed by atoms with Crippen molar-refractivity contribution in [3.63, 3.8) is 0 Å². The van der Waals surface area contributed by atoms with Crippen molar-refractivity contribution in [2.75, 3.05) is 5.73 Å². The number of aryl methyl sites for hydroxylation is 1. The molecule has 0 fully saturated rings. The molecule has 0 unspecified atom stereocenters. The molecule has 30 heavy (non-hydrogen) atoms. The second-order valence-corrected chi connectivity index (χ2v) is 7.11. The van der Waals surface area contributed by atoms with Crippen LogP contribution in [0.25, 0.3) is 43.6 Å². The highest BCUT2D eigenvalue weighted by Gasteiger charge is 2.03. The molecule has 0 saturated heterocycles. The molecule has 0 radical (unpaired) electrons. The first-order chi connectivity index (χ1) is 14.7. The van der Waals surface area contributed by atoms with Crippen molar-refractivity contribution in [2.45, 2.75) is 6.92 Å². The van der Waals surface area contributed by atoms with Gasteiger partial charge in [0.25, 0.3) is 0 Å². The van der Waals surface area contributed by atoms with Crippen molar-refractivity contribution in [2.24, 2.45) is 0 Å². The molecule has 0 aliphatic heterocycles. The van der Waals surface area contributed by atoms with Gasteiger partial charge in [-0.2, -0.15) is 0 Å². The highest BCUT2D eigenvalue weighted by molar-refractivity contribution is 6.03. The van der Waals surface area contributed by atoms with Gasteiger partial charge in [-0.1, -0.05) is 42.5 Å². The van der Waals surface area contributed by atoms with Gasteiger partial charge in [-0.3, -0.25) is 15.0 Å². The molecule has 6 rings (SSSR count). The van der Waals surface area contributed by atoms with Crippen LogP contribution >= 0.6 is 0 Å². The lowest BCUT2D eigenvalue weighted by Crippen LogP contribution is -1.91. The second-order valence-electron chi connectivity index (χ2n) is 7.11. The Kier molecular flexibility index (Phi) is 4.41. The number of benzene rings is 2. The third-order valence-electron chi connectivity index (χ3n) is 5.03. The molecule has 0 amide bonds. The standard InChI is InChI=1S/C13H10N2.C12H9N3/c1-9-4-5-11-7-6-10-3-2-8-14-12(10)13(11)15-9;13-10-6-5-9-4-3-8-2-1-7-14-11(8)12(9)15-10/h2-8H,1H3;1-7H,(H2,13,15). The third-order valence-corrected chi connectivity index (χ3v) is 5.03. The van der Waals surface area contributed by atoms with Gasteiger partial charge in [0.05, 0.1) is 22.1 Å². The number of hydrogen-bond donors (Lipinski definition) is 1. The normalized spacial score (nSPS) is 11.0. The van der Waals surface area contributed by atoms with Crippen LogP contribution in [0.4, 0.5) is 5.82 Å². The summed E-state index contributed by atoms with van der Waals surface area (Å²) in [4.78, 5) is 17.6. The fourth-order valence-electron chi connectivity index (χ4n) is 3.56. The number of anilines is 1. The third kappa shape index (κ3) is 3.26. The Hall–Kier alpha value is -4.12. The van der Waals surface area contributed by atoms with Gasteiger partial charge >= 0.3 is 0 Å². The number of nitrogen functional groups attached to an aromatic ring is 1. The summed E-state index contributed by atoms with van der Waals surface area (Å²) in [6.07, 6.45) is 3.58. The summed E-state index contributed by atoms with van der Waals surface area (Å²) < 4.78 is 0. The second kappa shape index (κ2) is 7.37. The molecule has 0 saturated carbocycles. The number of nitrogens with two attached hydrogens (primary N) is 1. The van der Waals surface area contributed by atoms with Gasteiger partial charge in [0.2, 0.25) is 0 Å². The van der Waals surface area contributed by atoms with E-state index in [0.29, 0.717) is 5.82 Å². The minimum Gasteiger partial charge on any atom is -0.384 e. The van der Waals surface area contributed by atoms with E-state index >= 15 is 0 Å². The van der Waals surface area contributed by atoms with Gasteiger partial charge in [-0.15, -0.1) is 0 Å². The van der Waals surface area contributed by atoms with Gasteiger partial charge in [0.15, 0.2) is 0 Å². The first-order valence-corrected chi connectivity index (χ1v) is 9.70. The molecular weight excluding hydrogens is 370 g/mol. The molecule has 2 aromatic carbocycles. The molecule has 0 spiro atoms. The van der Waals surface area contributed by atoms with Crippen LogP contribution in [0.3, 0.4) is 0 Å². The molecular formula is C25H19N5. The molecule has 0 bridgehead atoms. The van der Waals surface area contributed by atoms with Crippen molar-refractivity contribution < 1.29 is 0 Å². The quantitative estimate of drug-likeness (QED) is 0.349. The topological polar surface area (TPSA) is 77.6 Å². The molecule has 4 heterocycles. The van der Waals surface area contributed by atoms with E-state index in [9.17, 15) is 0 Å². The molecule has 6 aromatic rings. The van der Waals surface area contributed by atoms with E-state index < -0.39 is 0 Å². The Morgan fingerprint density at radius 1 is 0.533 bits per heavy atom.